The number of hydrogen-bond acceptors (Lipinski definition) is 5. The standard InChI is InChI=1S/C23H29F5O5/c1-2-3-4-5-15-10-29-20(30-11-15)7-6-16-12-31-22(32-13-16)17-8-18(24)21(19(25)9-17)33-14-23(26,27)28/h4-5,8-9,15-16,20,22H,2-3,6-7,10-14H2,1H3/b5-4+/t15-,16?,20-,22?. The van der Waals surface area contributed by atoms with Crippen LogP contribution in [0.3, 0.4) is 0 Å². The monoisotopic (exact) mass is 480 g/mol. The van der Waals surface area contributed by atoms with Crippen molar-refractivity contribution in [2.75, 3.05) is 33.0 Å². The van der Waals surface area contributed by atoms with E-state index in [-0.39, 0.29) is 23.7 Å². The quantitative estimate of drug-likeness (QED) is 0.336. The van der Waals surface area contributed by atoms with E-state index in [0.29, 0.717) is 32.8 Å². The molecule has 0 aliphatic carbocycles. The fourth-order valence-corrected chi connectivity index (χ4v) is 3.57. The van der Waals surface area contributed by atoms with Crippen LogP contribution in [0.2, 0.25) is 0 Å². The molecule has 0 atom stereocenters. The summed E-state index contributed by atoms with van der Waals surface area (Å²) in [6.07, 6.45) is 1.80. The fraction of sp³-hybridized carbons (Fsp3) is 0.652. The minimum atomic E-state index is -4.71. The van der Waals surface area contributed by atoms with E-state index in [1.165, 1.54) is 0 Å². The molecule has 2 saturated heterocycles. The van der Waals surface area contributed by atoms with Crippen LogP contribution in [0.5, 0.6) is 5.75 Å². The summed E-state index contributed by atoms with van der Waals surface area (Å²) in [5.74, 6) is -3.27. The third kappa shape index (κ3) is 8.20. The van der Waals surface area contributed by atoms with Crippen molar-refractivity contribution in [2.24, 2.45) is 11.8 Å². The van der Waals surface area contributed by atoms with Gasteiger partial charge in [-0.3, -0.25) is 0 Å². The Morgan fingerprint density at radius 3 is 2.18 bits per heavy atom. The van der Waals surface area contributed by atoms with E-state index in [0.717, 1.165) is 31.4 Å². The zero-order valence-corrected chi connectivity index (χ0v) is 18.4. The lowest BCUT2D eigenvalue weighted by atomic mass is 10.0. The van der Waals surface area contributed by atoms with E-state index in [9.17, 15) is 22.0 Å². The van der Waals surface area contributed by atoms with Crippen LogP contribution < -0.4 is 4.74 Å². The number of halogens is 5. The number of ether oxygens (including phenoxy) is 5. The van der Waals surface area contributed by atoms with E-state index in [1.807, 2.05) is 0 Å². The molecular weight excluding hydrogens is 451 g/mol. The maximum Gasteiger partial charge on any atom is 0.422 e. The van der Waals surface area contributed by atoms with Gasteiger partial charge < -0.3 is 23.7 Å². The number of rotatable bonds is 9. The molecule has 0 radical (unpaired) electrons. The second-order valence-corrected chi connectivity index (χ2v) is 8.23. The maximum atomic E-state index is 14.1. The predicted molar refractivity (Wildman–Crippen MR) is 109 cm³/mol. The summed E-state index contributed by atoms with van der Waals surface area (Å²) in [6.45, 7) is 2.17. The molecule has 0 saturated carbocycles. The van der Waals surface area contributed by atoms with Gasteiger partial charge in [0, 0.05) is 17.4 Å². The molecule has 10 heteroatoms. The molecule has 0 unspecified atom stereocenters. The Hall–Kier alpha value is -1.75. The molecule has 1 aromatic rings. The lowest BCUT2D eigenvalue weighted by Crippen LogP contribution is -2.33. The van der Waals surface area contributed by atoms with Crippen molar-refractivity contribution >= 4 is 0 Å². The minimum Gasteiger partial charge on any atom is -0.478 e. The lowest BCUT2D eigenvalue weighted by Gasteiger charge is -2.32. The van der Waals surface area contributed by atoms with Gasteiger partial charge in [-0.05, 0) is 31.4 Å². The number of hydrogen-bond donors (Lipinski definition) is 0. The van der Waals surface area contributed by atoms with Crippen LogP contribution in [0.25, 0.3) is 0 Å². The Labute approximate surface area is 189 Å². The van der Waals surface area contributed by atoms with E-state index >= 15 is 0 Å². The number of unbranched alkanes of at least 4 members (excludes halogenated alkanes) is 1. The summed E-state index contributed by atoms with van der Waals surface area (Å²) >= 11 is 0. The van der Waals surface area contributed by atoms with Gasteiger partial charge in [0.05, 0.1) is 26.4 Å². The molecule has 0 amide bonds. The topological polar surface area (TPSA) is 46.2 Å². The first kappa shape index (κ1) is 25.9. The van der Waals surface area contributed by atoms with Gasteiger partial charge in [-0.25, -0.2) is 8.78 Å². The van der Waals surface area contributed by atoms with Crippen molar-refractivity contribution in [3.63, 3.8) is 0 Å². The zero-order valence-electron chi connectivity index (χ0n) is 18.4. The highest BCUT2D eigenvalue weighted by Crippen LogP contribution is 2.32. The van der Waals surface area contributed by atoms with E-state index in [1.54, 1.807) is 0 Å². The van der Waals surface area contributed by atoms with Gasteiger partial charge in [0.25, 0.3) is 0 Å². The molecule has 33 heavy (non-hydrogen) atoms. The third-order valence-electron chi connectivity index (χ3n) is 5.31. The minimum absolute atomic E-state index is 0.0314. The normalized spacial score (nSPS) is 26.6. The Bertz CT molecular complexity index is 746. The average molecular weight is 480 g/mol. The molecule has 2 aliphatic rings. The Balaban J connectivity index is 1.41. The molecule has 186 valence electrons. The van der Waals surface area contributed by atoms with Crippen LogP contribution in [0.4, 0.5) is 22.0 Å². The highest BCUT2D eigenvalue weighted by atomic mass is 19.4. The summed E-state index contributed by atoms with van der Waals surface area (Å²) in [5.41, 5.74) is 0.0314. The summed E-state index contributed by atoms with van der Waals surface area (Å²) in [4.78, 5) is 0. The number of allylic oxidation sites excluding steroid dienone is 1. The highest BCUT2D eigenvalue weighted by molar-refractivity contribution is 5.32. The van der Waals surface area contributed by atoms with Crippen molar-refractivity contribution < 1.29 is 45.6 Å². The van der Waals surface area contributed by atoms with Crippen LogP contribution in [0.15, 0.2) is 24.3 Å². The molecule has 0 N–H and O–H groups in total. The van der Waals surface area contributed by atoms with Crippen LogP contribution >= 0.6 is 0 Å². The second-order valence-electron chi connectivity index (χ2n) is 8.23. The second kappa shape index (κ2) is 12.1. The third-order valence-corrected chi connectivity index (χ3v) is 5.31. The predicted octanol–water partition coefficient (Wildman–Crippen LogP) is 5.69. The Morgan fingerprint density at radius 1 is 0.970 bits per heavy atom. The van der Waals surface area contributed by atoms with Gasteiger partial charge in [-0.15, -0.1) is 0 Å². The zero-order chi connectivity index (χ0) is 23.8. The van der Waals surface area contributed by atoms with Crippen LogP contribution in [-0.2, 0) is 18.9 Å². The van der Waals surface area contributed by atoms with Crippen molar-refractivity contribution in [2.45, 2.75) is 51.4 Å². The van der Waals surface area contributed by atoms with E-state index in [2.05, 4.69) is 23.8 Å². The lowest BCUT2D eigenvalue weighted by molar-refractivity contribution is -0.217. The molecule has 2 heterocycles. The SMILES string of the molecule is CCC/C=C/[C@H]1CO[C@H](CCC2COC(c3cc(F)c(OCC(F)(F)F)c(F)c3)OC2)OC1. The van der Waals surface area contributed by atoms with Gasteiger partial charge in [-0.2, -0.15) is 13.2 Å². The van der Waals surface area contributed by atoms with Gasteiger partial charge in [-0.1, -0.05) is 25.5 Å². The highest BCUT2D eigenvalue weighted by Gasteiger charge is 2.31. The molecule has 2 fully saturated rings. The first-order valence-corrected chi connectivity index (χ1v) is 11.1. The Morgan fingerprint density at radius 2 is 1.61 bits per heavy atom. The molecule has 1 aromatic carbocycles. The largest absolute Gasteiger partial charge is 0.478 e. The number of alkyl halides is 3. The number of benzene rings is 1. The molecular formula is C23H29F5O5. The smallest absolute Gasteiger partial charge is 0.422 e. The molecule has 5 nitrogen and oxygen atoms in total. The van der Waals surface area contributed by atoms with E-state index in [4.69, 9.17) is 18.9 Å². The maximum absolute atomic E-state index is 14.1. The summed E-state index contributed by atoms with van der Waals surface area (Å²) < 4.78 is 91.8. The summed E-state index contributed by atoms with van der Waals surface area (Å²) in [6, 6.07) is 1.71. The summed E-state index contributed by atoms with van der Waals surface area (Å²) in [5, 5.41) is 0. The van der Waals surface area contributed by atoms with Crippen LogP contribution in [0, 0.1) is 23.5 Å². The van der Waals surface area contributed by atoms with Crippen molar-refractivity contribution in [3.05, 3.63) is 41.5 Å². The van der Waals surface area contributed by atoms with Crippen molar-refractivity contribution in [1.29, 1.82) is 0 Å². The average Bonchev–Trinajstić information content (AvgIpc) is 2.78. The van der Waals surface area contributed by atoms with Gasteiger partial charge >= 0.3 is 6.18 Å². The Kier molecular flexibility index (Phi) is 9.48. The summed E-state index contributed by atoms with van der Waals surface area (Å²) in [7, 11) is 0. The van der Waals surface area contributed by atoms with Crippen molar-refractivity contribution in [3.8, 4) is 5.75 Å². The first-order valence-electron chi connectivity index (χ1n) is 11.1. The van der Waals surface area contributed by atoms with Crippen LogP contribution in [-0.4, -0.2) is 45.5 Å². The molecule has 0 spiro atoms. The molecule has 0 aromatic heterocycles. The van der Waals surface area contributed by atoms with Crippen LogP contribution in [0.1, 0.15) is 44.5 Å². The van der Waals surface area contributed by atoms with Gasteiger partial charge in [0.1, 0.15) is 0 Å². The van der Waals surface area contributed by atoms with Gasteiger partial charge in [0.15, 0.2) is 36.6 Å². The van der Waals surface area contributed by atoms with Crippen molar-refractivity contribution in [1.82, 2.24) is 0 Å². The molecule has 2 aliphatic heterocycles. The first-order chi connectivity index (χ1) is 15.7. The molecule has 0 bridgehead atoms. The molecule has 3 rings (SSSR count). The van der Waals surface area contributed by atoms with E-state index < -0.39 is 36.5 Å². The fourth-order valence-electron chi connectivity index (χ4n) is 3.57. The van der Waals surface area contributed by atoms with Gasteiger partial charge in [0.2, 0.25) is 0 Å².